The second-order valence-electron chi connectivity index (χ2n) is 6.57. The Morgan fingerprint density at radius 3 is 2.91 bits per heavy atom. The number of amides is 1. The average Bonchev–Trinajstić information content (AvgIpc) is 3.27. The van der Waals surface area contributed by atoms with Crippen molar-refractivity contribution < 1.29 is 9.53 Å². The summed E-state index contributed by atoms with van der Waals surface area (Å²) >= 11 is 0. The van der Waals surface area contributed by atoms with E-state index in [1.165, 1.54) is 25.7 Å². The third kappa shape index (κ3) is 4.22. The van der Waals surface area contributed by atoms with Crippen LogP contribution in [0.15, 0.2) is 18.2 Å². The second kappa shape index (κ2) is 7.30. The second-order valence-corrected chi connectivity index (χ2v) is 6.57. The lowest BCUT2D eigenvalue weighted by atomic mass is 10.2. The first-order valence-electron chi connectivity index (χ1n) is 8.77. The molecule has 1 atom stereocenters. The van der Waals surface area contributed by atoms with Gasteiger partial charge in [-0.05, 0) is 45.2 Å². The smallest absolute Gasteiger partial charge is 0.219 e. The minimum Gasteiger partial charge on any atom is -0.478 e. The summed E-state index contributed by atoms with van der Waals surface area (Å²) < 4.78 is 5.49. The first-order chi connectivity index (χ1) is 11.2. The molecule has 2 fully saturated rings. The van der Waals surface area contributed by atoms with Crippen LogP contribution in [-0.2, 0) is 11.3 Å². The molecule has 23 heavy (non-hydrogen) atoms. The number of ether oxygens (including phenoxy) is 1. The van der Waals surface area contributed by atoms with E-state index in [4.69, 9.17) is 4.74 Å². The Kier molecular flexibility index (Phi) is 5.16. The van der Waals surface area contributed by atoms with Crippen molar-refractivity contribution in [2.75, 3.05) is 19.7 Å². The quantitative estimate of drug-likeness (QED) is 0.775. The number of likely N-dealkylation sites (tertiary alicyclic amines) is 1. The van der Waals surface area contributed by atoms with E-state index in [1.807, 2.05) is 19.1 Å². The first kappa shape index (κ1) is 16.2. The van der Waals surface area contributed by atoms with E-state index < -0.39 is 0 Å². The van der Waals surface area contributed by atoms with Crippen molar-refractivity contribution >= 4 is 5.91 Å². The van der Waals surface area contributed by atoms with Crippen molar-refractivity contribution in [3.63, 3.8) is 0 Å². The van der Waals surface area contributed by atoms with Crippen LogP contribution in [0.5, 0.6) is 5.88 Å². The lowest BCUT2D eigenvalue weighted by molar-refractivity contribution is -0.130. The minimum absolute atomic E-state index is 0.218. The van der Waals surface area contributed by atoms with Crippen molar-refractivity contribution in [2.24, 2.45) is 0 Å². The Hall–Kier alpha value is -1.62. The maximum Gasteiger partial charge on any atom is 0.219 e. The van der Waals surface area contributed by atoms with Crippen LogP contribution < -0.4 is 4.74 Å². The summed E-state index contributed by atoms with van der Waals surface area (Å²) in [4.78, 5) is 21.0. The van der Waals surface area contributed by atoms with E-state index in [2.05, 4.69) is 20.9 Å². The van der Waals surface area contributed by atoms with E-state index in [0.717, 1.165) is 25.3 Å². The lowest BCUT2D eigenvalue weighted by Crippen LogP contribution is -2.43. The van der Waals surface area contributed by atoms with Gasteiger partial charge in [0.2, 0.25) is 11.8 Å². The highest BCUT2D eigenvalue weighted by molar-refractivity contribution is 5.74. The highest BCUT2D eigenvalue weighted by Gasteiger charge is 2.35. The van der Waals surface area contributed by atoms with Crippen molar-refractivity contribution in [1.29, 1.82) is 0 Å². The van der Waals surface area contributed by atoms with Crippen LogP contribution in [-0.4, -0.2) is 52.5 Å². The molecule has 2 aliphatic rings. The third-order valence-electron chi connectivity index (χ3n) is 4.74. The van der Waals surface area contributed by atoms with Gasteiger partial charge in [-0.3, -0.25) is 9.69 Å². The standard InChI is InChI=1S/C18H27N3O2/c1-3-23-18-8-4-6-15(19-18)12-20-11-5-7-17(20)13-21(14(2)22)16-9-10-16/h4,6,8,16-17H,3,5,7,9-13H2,1-2H3/t17-/m0/s1. The van der Waals surface area contributed by atoms with Crippen molar-refractivity contribution in [3.05, 3.63) is 23.9 Å². The summed E-state index contributed by atoms with van der Waals surface area (Å²) in [5.74, 6) is 0.917. The molecule has 0 bridgehead atoms. The maximum absolute atomic E-state index is 11.9. The first-order valence-corrected chi connectivity index (χ1v) is 8.77. The molecular weight excluding hydrogens is 290 g/mol. The zero-order valence-electron chi connectivity index (χ0n) is 14.2. The Balaban J connectivity index is 1.62. The molecule has 0 aromatic carbocycles. The summed E-state index contributed by atoms with van der Waals surface area (Å²) in [6.07, 6.45) is 4.71. The molecule has 5 nitrogen and oxygen atoms in total. The van der Waals surface area contributed by atoms with Crippen LogP contribution in [0, 0.1) is 0 Å². The fourth-order valence-electron chi connectivity index (χ4n) is 3.44. The van der Waals surface area contributed by atoms with E-state index in [-0.39, 0.29) is 5.91 Å². The number of nitrogens with zero attached hydrogens (tertiary/aromatic N) is 3. The molecule has 1 aliphatic heterocycles. The summed E-state index contributed by atoms with van der Waals surface area (Å²) in [5.41, 5.74) is 1.05. The predicted octanol–water partition coefficient (Wildman–Crippen LogP) is 2.46. The molecular formula is C18H27N3O2. The van der Waals surface area contributed by atoms with Gasteiger partial charge in [-0.1, -0.05) is 6.07 Å². The van der Waals surface area contributed by atoms with Gasteiger partial charge in [0, 0.05) is 38.2 Å². The van der Waals surface area contributed by atoms with Gasteiger partial charge in [-0.15, -0.1) is 0 Å². The van der Waals surface area contributed by atoms with Gasteiger partial charge < -0.3 is 9.64 Å². The molecule has 0 spiro atoms. The highest BCUT2D eigenvalue weighted by Crippen LogP contribution is 2.29. The number of hydrogen-bond acceptors (Lipinski definition) is 4. The monoisotopic (exact) mass is 317 g/mol. The Morgan fingerprint density at radius 1 is 1.39 bits per heavy atom. The molecule has 3 rings (SSSR count). The van der Waals surface area contributed by atoms with Crippen LogP contribution in [0.25, 0.3) is 0 Å². The fourth-order valence-corrected chi connectivity index (χ4v) is 3.44. The van der Waals surface area contributed by atoms with E-state index in [1.54, 1.807) is 6.92 Å². The molecule has 0 radical (unpaired) electrons. The Labute approximate surface area is 138 Å². The topological polar surface area (TPSA) is 45.7 Å². The molecule has 126 valence electrons. The summed E-state index contributed by atoms with van der Waals surface area (Å²) in [5, 5.41) is 0. The third-order valence-corrected chi connectivity index (χ3v) is 4.74. The normalized spacial score (nSPS) is 21.4. The van der Waals surface area contributed by atoms with Crippen LogP contribution in [0.3, 0.4) is 0 Å². The summed E-state index contributed by atoms with van der Waals surface area (Å²) in [7, 11) is 0. The highest BCUT2D eigenvalue weighted by atomic mass is 16.5. The molecule has 1 aliphatic carbocycles. The van der Waals surface area contributed by atoms with Gasteiger partial charge >= 0.3 is 0 Å². The molecule has 1 saturated carbocycles. The van der Waals surface area contributed by atoms with E-state index in [9.17, 15) is 4.79 Å². The predicted molar refractivity (Wildman–Crippen MR) is 89.2 cm³/mol. The number of rotatable bonds is 7. The summed E-state index contributed by atoms with van der Waals surface area (Å²) in [6, 6.07) is 6.91. The van der Waals surface area contributed by atoms with Crippen molar-refractivity contribution in [2.45, 2.75) is 58.2 Å². The molecule has 1 aromatic heterocycles. The zero-order chi connectivity index (χ0) is 16.2. The van der Waals surface area contributed by atoms with Crippen molar-refractivity contribution in [1.82, 2.24) is 14.8 Å². The fraction of sp³-hybridized carbons (Fsp3) is 0.667. The van der Waals surface area contributed by atoms with Gasteiger partial charge in [-0.25, -0.2) is 4.98 Å². The van der Waals surface area contributed by atoms with E-state index >= 15 is 0 Å². The zero-order valence-corrected chi connectivity index (χ0v) is 14.2. The molecule has 2 heterocycles. The molecule has 0 N–H and O–H groups in total. The molecule has 1 aromatic rings. The number of hydrogen-bond donors (Lipinski definition) is 0. The van der Waals surface area contributed by atoms with Crippen LogP contribution >= 0.6 is 0 Å². The minimum atomic E-state index is 0.218. The van der Waals surface area contributed by atoms with Crippen molar-refractivity contribution in [3.8, 4) is 5.88 Å². The van der Waals surface area contributed by atoms with E-state index in [0.29, 0.717) is 24.6 Å². The number of aromatic nitrogens is 1. The molecule has 0 unspecified atom stereocenters. The maximum atomic E-state index is 11.9. The number of carbonyl (C=O) groups excluding carboxylic acids is 1. The Morgan fingerprint density at radius 2 is 2.22 bits per heavy atom. The molecule has 5 heteroatoms. The lowest BCUT2D eigenvalue weighted by Gasteiger charge is -2.30. The van der Waals surface area contributed by atoms with Gasteiger partial charge in [0.15, 0.2) is 0 Å². The Bertz CT molecular complexity index is 545. The van der Waals surface area contributed by atoms with Crippen LogP contribution in [0.4, 0.5) is 0 Å². The van der Waals surface area contributed by atoms with Crippen LogP contribution in [0.1, 0.15) is 45.2 Å². The van der Waals surface area contributed by atoms with Crippen LogP contribution in [0.2, 0.25) is 0 Å². The number of carbonyl (C=O) groups is 1. The molecule has 1 amide bonds. The van der Waals surface area contributed by atoms with Gasteiger partial charge in [0.25, 0.3) is 0 Å². The summed E-state index contributed by atoms with van der Waals surface area (Å²) in [6.45, 7) is 7.09. The van der Waals surface area contributed by atoms with Gasteiger partial charge in [0.1, 0.15) is 0 Å². The molecule has 1 saturated heterocycles. The largest absolute Gasteiger partial charge is 0.478 e. The average molecular weight is 317 g/mol. The number of pyridine rings is 1. The van der Waals surface area contributed by atoms with Gasteiger partial charge in [0.05, 0.1) is 12.3 Å². The van der Waals surface area contributed by atoms with Gasteiger partial charge in [-0.2, -0.15) is 0 Å². The SMILES string of the molecule is CCOc1cccc(CN2CCC[C@H]2CN(C(C)=O)C2CC2)n1.